The summed E-state index contributed by atoms with van der Waals surface area (Å²) in [5, 5.41) is 16.6. The lowest BCUT2D eigenvalue weighted by Crippen LogP contribution is -2.14. The number of nitrogen functional groups attached to an aromatic ring is 1. The first-order valence-electron chi connectivity index (χ1n) is 6.75. The Bertz CT molecular complexity index is 717. The van der Waals surface area contributed by atoms with E-state index in [0.29, 0.717) is 23.0 Å². The molecule has 0 fully saturated rings. The van der Waals surface area contributed by atoms with Crippen LogP contribution in [0.15, 0.2) is 42.1 Å². The SMILES string of the molecule is CC1CC=CC(N)=C1c1nnc(-c2ccccc2N)nn1. The van der Waals surface area contributed by atoms with Crippen molar-refractivity contribution < 1.29 is 0 Å². The molecule has 0 bridgehead atoms. The summed E-state index contributed by atoms with van der Waals surface area (Å²) >= 11 is 0. The maximum atomic E-state index is 6.01. The Morgan fingerprint density at radius 2 is 1.67 bits per heavy atom. The van der Waals surface area contributed by atoms with Crippen LogP contribution in [-0.4, -0.2) is 20.4 Å². The summed E-state index contributed by atoms with van der Waals surface area (Å²) in [7, 11) is 0. The van der Waals surface area contributed by atoms with Crippen molar-refractivity contribution >= 4 is 11.3 Å². The summed E-state index contributed by atoms with van der Waals surface area (Å²) in [6.07, 6.45) is 4.83. The van der Waals surface area contributed by atoms with Crippen LogP contribution >= 0.6 is 0 Å². The van der Waals surface area contributed by atoms with E-state index in [9.17, 15) is 0 Å². The second kappa shape index (κ2) is 5.32. The maximum Gasteiger partial charge on any atom is 0.205 e. The van der Waals surface area contributed by atoms with Gasteiger partial charge in [-0.1, -0.05) is 25.1 Å². The molecule has 4 N–H and O–H groups in total. The number of para-hydroxylation sites is 1. The van der Waals surface area contributed by atoms with Gasteiger partial charge in [0, 0.05) is 22.5 Å². The minimum Gasteiger partial charge on any atom is -0.398 e. The van der Waals surface area contributed by atoms with Gasteiger partial charge in [0.2, 0.25) is 11.6 Å². The first kappa shape index (κ1) is 13.2. The zero-order valence-electron chi connectivity index (χ0n) is 11.7. The van der Waals surface area contributed by atoms with Crippen LogP contribution in [0.25, 0.3) is 17.0 Å². The van der Waals surface area contributed by atoms with E-state index in [-0.39, 0.29) is 5.92 Å². The van der Waals surface area contributed by atoms with Crippen molar-refractivity contribution in [1.82, 2.24) is 20.4 Å². The Morgan fingerprint density at radius 3 is 2.33 bits per heavy atom. The topological polar surface area (TPSA) is 104 Å². The largest absolute Gasteiger partial charge is 0.398 e. The second-order valence-corrected chi connectivity index (χ2v) is 5.04. The highest BCUT2D eigenvalue weighted by atomic mass is 15.3. The average Bonchev–Trinajstić information content (AvgIpc) is 2.48. The molecule has 0 saturated heterocycles. The number of hydrogen-bond acceptors (Lipinski definition) is 6. The van der Waals surface area contributed by atoms with E-state index in [1.165, 1.54) is 0 Å². The fraction of sp³-hybridized carbons (Fsp3) is 0.200. The number of aromatic nitrogens is 4. The zero-order valence-corrected chi connectivity index (χ0v) is 11.7. The molecule has 0 radical (unpaired) electrons. The molecule has 1 atom stereocenters. The molecule has 1 unspecified atom stereocenters. The summed E-state index contributed by atoms with van der Waals surface area (Å²) in [5.74, 6) is 1.14. The molecule has 1 aliphatic carbocycles. The zero-order chi connectivity index (χ0) is 14.8. The van der Waals surface area contributed by atoms with Gasteiger partial charge >= 0.3 is 0 Å². The Balaban J connectivity index is 1.99. The molecule has 6 nitrogen and oxygen atoms in total. The quantitative estimate of drug-likeness (QED) is 0.813. The van der Waals surface area contributed by atoms with Crippen molar-refractivity contribution in [2.75, 3.05) is 5.73 Å². The van der Waals surface area contributed by atoms with Crippen molar-refractivity contribution in [3.05, 3.63) is 47.9 Å². The van der Waals surface area contributed by atoms with Crippen LogP contribution in [0, 0.1) is 5.92 Å². The van der Waals surface area contributed by atoms with Crippen molar-refractivity contribution in [3.8, 4) is 11.4 Å². The molecule has 6 heteroatoms. The molecule has 21 heavy (non-hydrogen) atoms. The molecular weight excluding hydrogens is 264 g/mol. The standard InChI is InChI=1S/C15H16N6/c1-9-5-4-8-12(17)13(9)15-20-18-14(19-21-15)10-6-2-3-7-11(10)16/h2-4,6-9H,5,16-17H2,1H3. The first-order chi connectivity index (χ1) is 10.2. The van der Waals surface area contributed by atoms with Crippen molar-refractivity contribution in [1.29, 1.82) is 0 Å². The lowest BCUT2D eigenvalue weighted by molar-refractivity contribution is 0.722. The van der Waals surface area contributed by atoms with Crippen LogP contribution < -0.4 is 11.5 Å². The van der Waals surface area contributed by atoms with Gasteiger partial charge in [0.1, 0.15) is 0 Å². The third kappa shape index (κ3) is 2.47. The highest BCUT2D eigenvalue weighted by molar-refractivity contribution is 5.71. The fourth-order valence-electron chi connectivity index (χ4n) is 2.39. The average molecular weight is 280 g/mol. The van der Waals surface area contributed by atoms with E-state index >= 15 is 0 Å². The minimum atomic E-state index is 0.256. The van der Waals surface area contributed by atoms with Crippen LogP contribution in [-0.2, 0) is 0 Å². The first-order valence-corrected chi connectivity index (χ1v) is 6.75. The molecule has 1 aromatic carbocycles. The maximum absolute atomic E-state index is 6.01. The van der Waals surface area contributed by atoms with Crippen molar-refractivity contribution in [3.63, 3.8) is 0 Å². The molecular formula is C15H16N6. The molecule has 0 amide bonds. The van der Waals surface area contributed by atoms with Gasteiger partial charge in [-0.2, -0.15) is 0 Å². The summed E-state index contributed by atoms with van der Waals surface area (Å²) in [5.41, 5.74) is 14.8. The number of hydrogen-bond donors (Lipinski definition) is 2. The minimum absolute atomic E-state index is 0.256. The Labute approximate surface area is 122 Å². The molecule has 3 rings (SSSR count). The lowest BCUT2D eigenvalue weighted by atomic mass is 9.91. The molecule has 0 spiro atoms. The highest BCUT2D eigenvalue weighted by Gasteiger charge is 2.20. The fourth-order valence-corrected chi connectivity index (χ4v) is 2.39. The van der Waals surface area contributed by atoms with Crippen LogP contribution in [0.5, 0.6) is 0 Å². The van der Waals surface area contributed by atoms with E-state index in [0.717, 1.165) is 17.6 Å². The molecule has 0 saturated carbocycles. The molecule has 0 aliphatic heterocycles. The smallest absolute Gasteiger partial charge is 0.205 e. The number of allylic oxidation sites excluding steroid dienone is 3. The van der Waals surface area contributed by atoms with Crippen LogP contribution in [0.1, 0.15) is 19.2 Å². The van der Waals surface area contributed by atoms with Gasteiger partial charge in [-0.15, -0.1) is 20.4 Å². The van der Waals surface area contributed by atoms with Crippen molar-refractivity contribution in [2.45, 2.75) is 13.3 Å². The van der Waals surface area contributed by atoms with Crippen LogP contribution in [0.4, 0.5) is 5.69 Å². The summed E-state index contributed by atoms with van der Waals surface area (Å²) < 4.78 is 0. The van der Waals surface area contributed by atoms with Crippen LogP contribution in [0.3, 0.4) is 0 Å². The van der Waals surface area contributed by atoms with E-state index in [1.54, 1.807) is 6.07 Å². The van der Waals surface area contributed by atoms with Gasteiger partial charge in [0.25, 0.3) is 0 Å². The van der Waals surface area contributed by atoms with E-state index in [4.69, 9.17) is 11.5 Å². The number of nitrogens with zero attached hydrogens (tertiary/aromatic N) is 4. The molecule has 106 valence electrons. The monoisotopic (exact) mass is 280 g/mol. The summed E-state index contributed by atoms with van der Waals surface area (Å²) in [4.78, 5) is 0. The number of rotatable bonds is 2. The van der Waals surface area contributed by atoms with Gasteiger partial charge in [0.05, 0.1) is 0 Å². The number of anilines is 1. The third-order valence-electron chi connectivity index (χ3n) is 3.51. The predicted molar refractivity (Wildman–Crippen MR) is 81.5 cm³/mol. The molecule has 2 aromatic rings. The predicted octanol–water partition coefficient (Wildman–Crippen LogP) is 1.78. The Hall–Kier alpha value is -2.76. The van der Waals surface area contributed by atoms with Gasteiger partial charge in [-0.25, -0.2) is 0 Å². The highest BCUT2D eigenvalue weighted by Crippen LogP contribution is 2.29. The van der Waals surface area contributed by atoms with Gasteiger partial charge in [-0.3, -0.25) is 0 Å². The number of nitrogens with two attached hydrogens (primary N) is 2. The van der Waals surface area contributed by atoms with E-state index in [2.05, 4.69) is 27.3 Å². The van der Waals surface area contributed by atoms with Crippen LogP contribution in [0.2, 0.25) is 0 Å². The third-order valence-corrected chi connectivity index (χ3v) is 3.51. The van der Waals surface area contributed by atoms with E-state index < -0.39 is 0 Å². The molecule has 1 aliphatic rings. The second-order valence-electron chi connectivity index (χ2n) is 5.04. The molecule has 1 heterocycles. The normalized spacial score (nSPS) is 18.0. The molecule has 1 aromatic heterocycles. The lowest BCUT2D eigenvalue weighted by Gasteiger charge is -2.17. The number of benzene rings is 1. The van der Waals surface area contributed by atoms with Crippen molar-refractivity contribution in [2.24, 2.45) is 11.7 Å². The summed E-state index contributed by atoms with van der Waals surface area (Å²) in [6, 6.07) is 7.36. The summed E-state index contributed by atoms with van der Waals surface area (Å²) in [6.45, 7) is 2.08. The Morgan fingerprint density at radius 1 is 1.00 bits per heavy atom. The van der Waals surface area contributed by atoms with Gasteiger partial charge < -0.3 is 11.5 Å². The van der Waals surface area contributed by atoms with Gasteiger partial charge in [0.15, 0.2) is 0 Å². The van der Waals surface area contributed by atoms with E-state index in [1.807, 2.05) is 30.4 Å². The Kier molecular flexibility index (Phi) is 3.35. The van der Waals surface area contributed by atoms with Gasteiger partial charge in [-0.05, 0) is 30.5 Å².